The Hall–Kier alpha value is -2.57. The first-order chi connectivity index (χ1) is 13.4. The number of fused-ring (bicyclic) bond motifs is 1. The Kier molecular flexibility index (Phi) is 4.77. The monoisotopic (exact) mass is 402 g/mol. The Morgan fingerprint density at radius 3 is 2.68 bits per heavy atom. The molecule has 2 aromatic rings. The number of rotatable bonds is 5. The summed E-state index contributed by atoms with van der Waals surface area (Å²) in [5, 5.41) is 8.90. The largest absolute Gasteiger partial charge is 0.463 e. The second kappa shape index (κ2) is 7.11. The number of benzene rings is 1. The summed E-state index contributed by atoms with van der Waals surface area (Å²) in [6, 6.07) is 8.04. The second-order valence-corrected chi connectivity index (χ2v) is 9.30. The standard InChI is InChI=1S/C19H19FN4O3S/c20-16-9-22-18(23-10-16)27-13-19-7-1-2-15(19)11-24(12-19)28(25,26)17-5-3-14(8-21)4-6-17/h3-6,9-10,15H,1-2,7,11-13H2. The SMILES string of the molecule is N#Cc1ccc(S(=O)(=O)N2CC3CCCC3(COc3ncc(F)cn3)C2)cc1. The first kappa shape index (κ1) is 18.8. The number of nitriles is 1. The molecule has 1 aromatic carbocycles. The highest BCUT2D eigenvalue weighted by atomic mass is 32.2. The average Bonchev–Trinajstić information content (AvgIpc) is 3.25. The number of nitrogens with zero attached hydrogens (tertiary/aromatic N) is 4. The van der Waals surface area contributed by atoms with E-state index >= 15 is 0 Å². The molecule has 0 bridgehead atoms. The van der Waals surface area contributed by atoms with E-state index in [4.69, 9.17) is 10.00 Å². The van der Waals surface area contributed by atoms with Crippen molar-refractivity contribution in [3.05, 3.63) is 48.0 Å². The fraction of sp³-hybridized carbons (Fsp3) is 0.421. The summed E-state index contributed by atoms with van der Waals surface area (Å²) in [5.41, 5.74) is 0.124. The molecule has 0 amide bonds. The predicted octanol–water partition coefficient (Wildman–Crippen LogP) is 2.36. The minimum atomic E-state index is -3.64. The third kappa shape index (κ3) is 3.34. The molecule has 1 saturated heterocycles. The lowest BCUT2D eigenvalue weighted by molar-refractivity contribution is 0.125. The molecule has 1 aromatic heterocycles. The van der Waals surface area contributed by atoms with Gasteiger partial charge in [0.15, 0.2) is 5.82 Å². The molecule has 146 valence electrons. The summed E-state index contributed by atoms with van der Waals surface area (Å²) in [7, 11) is -3.64. The Balaban J connectivity index is 1.52. The van der Waals surface area contributed by atoms with Crippen molar-refractivity contribution in [2.24, 2.45) is 11.3 Å². The lowest BCUT2D eigenvalue weighted by Crippen LogP contribution is -2.35. The molecule has 2 fully saturated rings. The van der Waals surface area contributed by atoms with Gasteiger partial charge in [-0.15, -0.1) is 0 Å². The molecule has 0 N–H and O–H groups in total. The van der Waals surface area contributed by atoms with Gasteiger partial charge < -0.3 is 4.74 Å². The van der Waals surface area contributed by atoms with Crippen LogP contribution in [-0.4, -0.2) is 42.4 Å². The van der Waals surface area contributed by atoms with E-state index in [2.05, 4.69) is 9.97 Å². The number of sulfonamides is 1. The van der Waals surface area contributed by atoms with Crippen LogP contribution in [0.25, 0.3) is 0 Å². The lowest BCUT2D eigenvalue weighted by atomic mass is 9.82. The van der Waals surface area contributed by atoms with Crippen LogP contribution in [0, 0.1) is 28.5 Å². The minimum Gasteiger partial charge on any atom is -0.463 e. The van der Waals surface area contributed by atoms with Crippen LogP contribution in [0.4, 0.5) is 4.39 Å². The van der Waals surface area contributed by atoms with Gasteiger partial charge in [0.1, 0.15) is 0 Å². The molecule has 9 heteroatoms. The molecule has 1 aliphatic carbocycles. The average molecular weight is 402 g/mol. The van der Waals surface area contributed by atoms with Crippen LogP contribution >= 0.6 is 0 Å². The Labute approximate surface area is 162 Å². The van der Waals surface area contributed by atoms with Gasteiger partial charge in [0.25, 0.3) is 0 Å². The molecule has 28 heavy (non-hydrogen) atoms. The van der Waals surface area contributed by atoms with E-state index in [0.29, 0.717) is 25.3 Å². The van der Waals surface area contributed by atoms with E-state index in [1.165, 1.54) is 28.6 Å². The minimum absolute atomic E-state index is 0.0924. The normalized spacial score (nSPS) is 24.6. The zero-order valence-corrected chi connectivity index (χ0v) is 15.9. The molecule has 4 rings (SSSR count). The zero-order chi connectivity index (χ0) is 19.8. The third-order valence-electron chi connectivity index (χ3n) is 5.72. The Morgan fingerprint density at radius 2 is 2.00 bits per heavy atom. The van der Waals surface area contributed by atoms with E-state index in [1.807, 2.05) is 6.07 Å². The lowest BCUT2D eigenvalue weighted by Gasteiger charge is -2.28. The third-order valence-corrected chi connectivity index (χ3v) is 7.54. The van der Waals surface area contributed by atoms with Crippen molar-refractivity contribution in [2.75, 3.05) is 19.7 Å². The van der Waals surface area contributed by atoms with E-state index in [1.54, 1.807) is 0 Å². The maximum atomic E-state index is 13.1. The van der Waals surface area contributed by atoms with Gasteiger partial charge in [-0.2, -0.15) is 9.57 Å². The molecule has 2 atom stereocenters. The van der Waals surface area contributed by atoms with Crippen molar-refractivity contribution < 1.29 is 17.5 Å². The van der Waals surface area contributed by atoms with Crippen LogP contribution < -0.4 is 4.74 Å². The summed E-state index contributed by atoms with van der Waals surface area (Å²) in [6.07, 6.45) is 4.90. The molecule has 0 radical (unpaired) electrons. The summed E-state index contributed by atoms with van der Waals surface area (Å²) >= 11 is 0. The number of aromatic nitrogens is 2. The smallest absolute Gasteiger partial charge is 0.316 e. The van der Waals surface area contributed by atoms with E-state index in [9.17, 15) is 12.8 Å². The van der Waals surface area contributed by atoms with Crippen molar-refractivity contribution in [1.82, 2.24) is 14.3 Å². The molecular weight excluding hydrogens is 383 g/mol. The first-order valence-corrected chi connectivity index (χ1v) is 10.5. The van der Waals surface area contributed by atoms with Crippen LogP contribution in [0.15, 0.2) is 41.6 Å². The van der Waals surface area contributed by atoms with Crippen LogP contribution in [0.5, 0.6) is 6.01 Å². The molecule has 1 saturated carbocycles. The molecule has 7 nitrogen and oxygen atoms in total. The molecule has 0 spiro atoms. The van der Waals surface area contributed by atoms with E-state index in [-0.39, 0.29) is 22.2 Å². The van der Waals surface area contributed by atoms with Gasteiger partial charge in [0.2, 0.25) is 10.0 Å². The number of hydrogen-bond donors (Lipinski definition) is 0. The van der Waals surface area contributed by atoms with Gasteiger partial charge in [0.05, 0.1) is 35.5 Å². The second-order valence-electron chi connectivity index (χ2n) is 7.36. The van der Waals surface area contributed by atoms with Gasteiger partial charge in [-0.25, -0.2) is 22.8 Å². The molecule has 2 aliphatic rings. The van der Waals surface area contributed by atoms with Crippen molar-refractivity contribution in [1.29, 1.82) is 5.26 Å². The van der Waals surface area contributed by atoms with Crippen molar-refractivity contribution >= 4 is 10.0 Å². The van der Waals surface area contributed by atoms with Gasteiger partial charge in [-0.05, 0) is 43.0 Å². The summed E-state index contributed by atoms with van der Waals surface area (Å²) in [5.74, 6) is -0.342. The van der Waals surface area contributed by atoms with Gasteiger partial charge >= 0.3 is 6.01 Å². The Morgan fingerprint density at radius 1 is 1.29 bits per heavy atom. The van der Waals surface area contributed by atoms with Crippen LogP contribution in [0.1, 0.15) is 24.8 Å². The quantitative estimate of drug-likeness (QED) is 0.762. The maximum Gasteiger partial charge on any atom is 0.316 e. The summed E-state index contributed by atoms with van der Waals surface area (Å²) < 4.78 is 46.3. The fourth-order valence-corrected chi connectivity index (χ4v) is 5.80. The fourth-order valence-electron chi connectivity index (χ4n) is 4.22. The molecule has 2 heterocycles. The van der Waals surface area contributed by atoms with Gasteiger partial charge in [0, 0.05) is 18.5 Å². The Bertz CT molecular complexity index is 1000. The molecule has 1 aliphatic heterocycles. The van der Waals surface area contributed by atoms with Crippen LogP contribution in [-0.2, 0) is 10.0 Å². The maximum absolute atomic E-state index is 13.1. The highest BCUT2D eigenvalue weighted by Crippen LogP contribution is 2.50. The van der Waals surface area contributed by atoms with Crippen molar-refractivity contribution in [3.8, 4) is 12.1 Å². The summed E-state index contributed by atoms with van der Waals surface area (Å²) in [6.45, 7) is 1.10. The summed E-state index contributed by atoms with van der Waals surface area (Å²) in [4.78, 5) is 7.82. The van der Waals surface area contributed by atoms with Crippen molar-refractivity contribution in [2.45, 2.75) is 24.2 Å². The number of halogens is 1. The number of ether oxygens (including phenoxy) is 1. The van der Waals surface area contributed by atoms with Crippen LogP contribution in [0.2, 0.25) is 0 Å². The highest BCUT2D eigenvalue weighted by molar-refractivity contribution is 7.89. The van der Waals surface area contributed by atoms with Gasteiger partial charge in [-0.1, -0.05) is 6.42 Å². The topological polar surface area (TPSA) is 96.2 Å². The van der Waals surface area contributed by atoms with Crippen LogP contribution in [0.3, 0.4) is 0 Å². The molecular formula is C19H19FN4O3S. The molecule has 2 unspecified atom stereocenters. The van der Waals surface area contributed by atoms with E-state index < -0.39 is 15.8 Å². The van der Waals surface area contributed by atoms with Crippen molar-refractivity contribution in [3.63, 3.8) is 0 Å². The zero-order valence-electron chi connectivity index (χ0n) is 15.1. The first-order valence-electron chi connectivity index (χ1n) is 9.04. The highest BCUT2D eigenvalue weighted by Gasteiger charge is 2.53. The number of hydrogen-bond acceptors (Lipinski definition) is 6. The predicted molar refractivity (Wildman–Crippen MR) is 97.2 cm³/mol. The van der Waals surface area contributed by atoms with Gasteiger partial charge in [-0.3, -0.25) is 0 Å². The van der Waals surface area contributed by atoms with E-state index in [0.717, 1.165) is 31.7 Å².